The van der Waals surface area contributed by atoms with Crippen molar-refractivity contribution in [1.82, 2.24) is 25.3 Å². The van der Waals surface area contributed by atoms with Crippen LogP contribution >= 0.6 is 0 Å². The molecule has 7 N–H and O–H groups in total. The van der Waals surface area contributed by atoms with Crippen LogP contribution in [0.15, 0.2) is 35.4 Å². The summed E-state index contributed by atoms with van der Waals surface area (Å²) in [7, 11) is 6.09. The number of hydrogen-bond acceptors (Lipinski definition) is 13. The number of carboxylic acid groups (broad SMARTS) is 1. The van der Waals surface area contributed by atoms with Crippen LogP contribution in [0.1, 0.15) is 79.7 Å². The van der Waals surface area contributed by atoms with E-state index in [4.69, 9.17) is 15.0 Å². The lowest BCUT2D eigenvalue weighted by atomic mass is 9.89. The molecule has 65 heavy (non-hydrogen) atoms. The summed E-state index contributed by atoms with van der Waals surface area (Å²) in [5, 5.41) is 60.3. The Balaban J connectivity index is 2.28. The minimum Gasteiger partial charge on any atom is -0.480 e. The average Bonchev–Trinajstić information content (AvgIpc) is 3.75. The first-order chi connectivity index (χ1) is 30.6. The topological polar surface area (TPSA) is 288 Å². The van der Waals surface area contributed by atoms with Gasteiger partial charge < -0.3 is 55.4 Å². The predicted octanol–water partition coefficient (Wildman–Crippen LogP) is 1.57. The molecule has 2 rings (SSSR count). The number of amides is 4. The maximum absolute atomic E-state index is 14.5. The SMILES string of the molecule is CC[C@H](C)[C@@H]([C@@H](CC(=O)N1CCC[C@H]1[C@H](OC)[C@@H](C)C(=O)N[C@@H](Cc1ccccc1)C(=O)O)OC)N(C)C(=O)[C@@H](NC(=O)[C@H](C(C)C)N(C)C[C@@H](O)[C@@H](O)[C@H](O)[C@H](O)CN=[N+]=[N-])C(C)C. The van der Waals surface area contributed by atoms with E-state index in [1.165, 1.54) is 31.1 Å². The van der Waals surface area contributed by atoms with E-state index in [1.54, 1.807) is 70.8 Å². The van der Waals surface area contributed by atoms with Gasteiger partial charge >= 0.3 is 5.97 Å². The fourth-order valence-electron chi connectivity index (χ4n) is 8.84. The number of ether oxygens (including phenoxy) is 2. The molecule has 4 amide bonds. The van der Waals surface area contributed by atoms with E-state index in [0.29, 0.717) is 25.8 Å². The molecule has 1 aliphatic heterocycles. The molecule has 0 saturated carbocycles. The molecule has 20 heteroatoms. The highest BCUT2D eigenvalue weighted by Crippen LogP contribution is 2.30. The molecule has 0 aromatic heterocycles. The van der Waals surface area contributed by atoms with E-state index in [2.05, 4.69) is 20.7 Å². The van der Waals surface area contributed by atoms with E-state index in [9.17, 15) is 49.5 Å². The number of carboxylic acids is 1. The lowest BCUT2D eigenvalue weighted by molar-refractivity contribution is -0.148. The molecule has 368 valence electrons. The molecule has 20 nitrogen and oxygen atoms in total. The lowest BCUT2D eigenvalue weighted by Gasteiger charge is -2.41. The normalized spacial score (nSPS) is 19.7. The molecule has 0 unspecified atom stereocenters. The van der Waals surface area contributed by atoms with Crippen molar-refractivity contribution >= 4 is 29.6 Å². The summed E-state index contributed by atoms with van der Waals surface area (Å²) in [6, 6.07) is 4.74. The summed E-state index contributed by atoms with van der Waals surface area (Å²) >= 11 is 0. The van der Waals surface area contributed by atoms with Gasteiger partial charge in [0, 0.05) is 45.7 Å². The van der Waals surface area contributed by atoms with Gasteiger partial charge in [-0.15, -0.1) is 0 Å². The standard InChI is InChI=1S/C45H76N8O12/c1-12-27(6)38(52(9)44(61)36(25(2)3)49-43(60)37(26(4)5)51(8)24-33(55)40(58)39(57)32(54)23-47-50-46)34(64-10)22-35(56)53-20-16-19-31(53)41(65-11)28(7)42(59)48-30(45(62)63)21-29-17-14-13-15-18-29/h13-15,17-18,25-28,30-34,36-41,54-55,57-58H,12,16,19-24H2,1-11H3,(H,48,59)(H,49,60)(H,62,63)/t27-,28+,30-,31-,32+,33+,34+,36-,37-,38-,39+,40+,41+/m0/s1. The molecule has 13 atom stereocenters. The van der Waals surface area contributed by atoms with Crippen LogP contribution in [-0.4, -0.2) is 185 Å². The highest BCUT2D eigenvalue weighted by atomic mass is 16.5. The number of hydrogen-bond donors (Lipinski definition) is 7. The number of likely N-dealkylation sites (tertiary alicyclic amines) is 1. The number of aliphatic hydroxyl groups is 4. The van der Waals surface area contributed by atoms with Crippen LogP contribution in [0.4, 0.5) is 0 Å². The second-order valence-corrected chi connectivity index (χ2v) is 18.1. The average molecular weight is 921 g/mol. The molecule has 0 radical (unpaired) electrons. The van der Waals surface area contributed by atoms with Crippen molar-refractivity contribution in [3.05, 3.63) is 46.3 Å². The van der Waals surface area contributed by atoms with Gasteiger partial charge in [-0.25, -0.2) is 4.79 Å². The van der Waals surface area contributed by atoms with Crippen molar-refractivity contribution in [1.29, 1.82) is 0 Å². The number of nitrogens with one attached hydrogen (secondary N) is 2. The van der Waals surface area contributed by atoms with Gasteiger partial charge in [-0.1, -0.05) is 90.3 Å². The van der Waals surface area contributed by atoms with E-state index in [-0.39, 0.29) is 37.1 Å². The molecule has 1 aromatic carbocycles. The van der Waals surface area contributed by atoms with Crippen molar-refractivity contribution in [3.63, 3.8) is 0 Å². The lowest BCUT2D eigenvalue weighted by Crippen LogP contribution is -2.60. The Morgan fingerprint density at radius 1 is 0.908 bits per heavy atom. The van der Waals surface area contributed by atoms with Crippen molar-refractivity contribution in [2.75, 3.05) is 47.9 Å². The Morgan fingerprint density at radius 3 is 2.05 bits per heavy atom. The molecule has 1 fully saturated rings. The van der Waals surface area contributed by atoms with Gasteiger partial charge in [0.1, 0.15) is 24.3 Å². The second kappa shape index (κ2) is 27.3. The van der Waals surface area contributed by atoms with Crippen LogP contribution in [0.5, 0.6) is 0 Å². The summed E-state index contributed by atoms with van der Waals surface area (Å²) < 4.78 is 11.9. The summed E-state index contributed by atoms with van der Waals surface area (Å²) in [5.41, 5.74) is 9.26. The number of carbonyl (C=O) groups is 5. The van der Waals surface area contributed by atoms with Crippen LogP contribution in [0.3, 0.4) is 0 Å². The first-order valence-corrected chi connectivity index (χ1v) is 22.5. The zero-order chi connectivity index (χ0) is 49.3. The number of carbonyl (C=O) groups excluding carboxylic acids is 4. The predicted molar refractivity (Wildman–Crippen MR) is 242 cm³/mol. The molecule has 1 saturated heterocycles. The van der Waals surface area contributed by atoms with E-state index in [0.717, 1.165) is 5.56 Å². The third-order valence-electron chi connectivity index (χ3n) is 12.7. The first kappa shape index (κ1) is 56.7. The third kappa shape index (κ3) is 15.9. The van der Waals surface area contributed by atoms with E-state index in [1.807, 2.05) is 19.9 Å². The number of aliphatic hydroxyl groups excluding tert-OH is 4. The number of azide groups is 1. The minimum absolute atomic E-state index is 0.0906. The summed E-state index contributed by atoms with van der Waals surface area (Å²) in [5.74, 6) is -4.64. The molecule has 1 aliphatic rings. The quantitative estimate of drug-likeness (QED) is 0.0358. The van der Waals surface area contributed by atoms with Crippen LogP contribution in [-0.2, 0) is 39.9 Å². The summed E-state index contributed by atoms with van der Waals surface area (Å²) in [6.07, 6.45) is -6.70. The van der Waals surface area contributed by atoms with Gasteiger partial charge in [0.25, 0.3) is 0 Å². The number of nitrogens with zero attached hydrogens (tertiary/aromatic N) is 6. The zero-order valence-electron chi connectivity index (χ0n) is 40.0. The summed E-state index contributed by atoms with van der Waals surface area (Å²) in [6.45, 7) is 12.2. The Labute approximate surface area is 383 Å². The molecule has 1 heterocycles. The Kier molecular flexibility index (Phi) is 23.8. The Morgan fingerprint density at radius 2 is 1.52 bits per heavy atom. The fourth-order valence-corrected chi connectivity index (χ4v) is 8.84. The highest BCUT2D eigenvalue weighted by Gasteiger charge is 2.44. The molecule has 0 spiro atoms. The van der Waals surface area contributed by atoms with Gasteiger partial charge in [0.05, 0.1) is 61.4 Å². The second-order valence-electron chi connectivity index (χ2n) is 18.1. The fraction of sp³-hybridized carbons (Fsp3) is 0.756. The van der Waals surface area contributed by atoms with Crippen molar-refractivity contribution in [3.8, 4) is 0 Å². The van der Waals surface area contributed by atoms with Crippen molar-refractivity contribution in [2.24, 2.45) is 28.8 Å². The van der Waals surface area contributed by atoms with Gasteiger partial charge in [-0.05, 0) is 48.7 Å². The van der Waals surface area contributed by atoms with Gasteiger partial charge in [0.15, 0.2) is 0 Å². The Bertz CT molecular complexity index is 1720. The van der Waals surface area contributed by atoms with Crippen LogP contribution in [0.25, 0.3) is 10.4 Å². The van der Waals surface area contributed by atoms with Gasteiger partial charge in [0.2, 0.25) is 23.6 Å². The van der Waals surface area contributed by atoms with Crippen molar-refractivity contribution < 1.29 is 59.0 Å². The monoisotopic (exact) mass is 921 g/mol. The van der Waals surface area contributed by atoms with Gasteiger partial charge in [-0.3, -0.25) is 24.1 Å². The highest BCUT2D eigenvalue weighted by molar-refractivity contribution is 5.90. The number of likely N-dealkylation sites (N-methyl/N-ethyl adjacent to an activating group) is 2. The number of benzene rings is 1. The van der Waals surface area contributed by atoms with Crippen molar-refractivity contribution in [2.45, 2.75) is 147 Å². The maximum atomic E-state index is 14.5. The van der Waals surface area contributed by atoms with Crippen LogP contribution in [0, 0.1) is 23.7 Å². The molecule has 0 bridgehead atoms. The number of rotatable bonds is 28. The van der Waals surface area contributed by atoms with Crippen LogP contribution in [0.2, 0.25) is 0 Å². The van der Waals surface area contributed by atoms with Gasteiger partial charge in [-0.2, -0.15) is 0 Å². The molecular formula is C45H76N8O12. The molecule has 1 aromatic rings. The largest absolute Gasteiger partial charge is 0.480 e. The molecule has 0 aliphatic carbocycles. The zero-order valence-corrected chi connectivity index (χ0v) is 40.0. The smallest absolute Gasteiger partial charge is 0.326 e. The Hall–Kier alpha value is -4.40. The number of aliphatic carboxylic acids is 1. The first-order valence-electron chi connectivity index (χ1n) is 22.5. The van der Waals surface area contributed by atoms with E-state index < -0.39 is 109 Å². The maximum Gasteiger partial charge on any atom is 0.326 e. The van der Waals surface area contributed by atoms with E-state index >= 15 is 0 Å². The van der Waals surface area contributed by atoms with Crippen LogP contribution < -0.4 is 10.6 Å². The third-order valence-corrected chi connectivity index (χ3v) is 12.7. The summed E-state index contributed by atoms with van der Waals surface area (Å²) in [4.78, 5) is 75.8. The minimum atomic E-state index is -1.84. The molecular weight excluding hydrogens is 845 g/mol. The number of methoxy groups -OCH3 is 2.